The van der Waals surface area contributed by atoms with E-state index in [-0.39, 0.29) is 22.9 Å². The summed E-state index contributed by atoms with van der Waals surface area (Å²) < 4.78 is 55.1. The van der Waals surface area contributed by atoms with Gasteiger partial charge in [0.05, 0.1) is 16.8 Å². The molecule has 1 amide bonds. The van der Waals surface area contributed by atoms with Crippen LogP contribution in [0.1, 0.15) is 22.5 Å². The Morgan fingerprint density at radius 3 is 2.44 bits per heavy atom. The monoisotopic (exact) mass is 576 g/mol. The van der Waals surface area contributed by atoms with Crippen LogP contribution in [-0.2, 0) is 14.8 Å². The number of hydrazone groups is 1. The van der Waals surface area contributed by atoms with Gasteiger partial charge in [-0.25, -0.2) is 18.2 Å². The van der Waals surface area contributed by atoms with E-state index in [0.717, 1.165) is 44.6 Å². The predicted molar refractivity (Wildman–Crippen MR) is 154 cm³/mol. The Morgan fingerprint density at radius 2 is 1.71 bits per heavy atom. The number of para-hydroxylation sites is 1. The zero-order chi connectivity index (χ0) is 29.1. The Balaban J connectivity index is 1.38. The number of benzene rings is 3. The highest BCUT2D eigenvalue weighted by molar-refractivity contribution is 7.92. The Labute approximate surface area is 237 Å². The van der Waals surface area contributed by atoms with Gasteiger partial charge in [0, 0.05) is 28.7 Å². The molecule has 0 unspecified atom stereocenters. The number of ether oxygens (including phenoxy) is 2. The smallest absolute Gasteiger partial charge is 0.264 e. The van der Waals surface area contributed by atoms with Crippen LogP contribution in [0.3, 0.4) is 0 Å². The number of fused-ring (bicyclic) bond motifs is 1. The number of nitrogens with one attached hydrogen (secondary N) is 1. The number of aryl methyl sites for hydroxylation is 2. The van der Waals surface area contributed by atoms with E-state index in [9.17, 15) is 17.6 Å². The summed E-state index contributed by atoms with van der Waals surface area (Å²) in [6.45, 7) is 6.02. The van der Waals surface area contributed by atoms with E-state index in [1.165, 1.54) is 36.5 Å². The molecule has 9 nitrogen and oxygen atoms in total. The lowest BCUT2D eigenvalue weighted by Crippen LogP contribution is -2.39. The second-order valence-corrected chi connectivity index (χ2v) is 11.4. The normalized spacial score (nSPS) is 12.9. The molecule has 2 heterocycles. The van der Waals surface area contributed by atoms with Gasteiger partial charge in [-0.3, -0.25) is 9.10 Å². The van der Waals surface area contributed by atoms with Crippen molar-refractivity contribution in [1.82, 2.24) is 9.99 Å². The van der Waals surface area contributed by atoms with Gasteiger partial charge >= 0.3 is 0 Å². The van der Waals surface area contributed by atoms with Crippen LogP contribution in [0.25, 0.3) is 5.69 Å². The molecule has 11 heteroatoms. The van der Waals surface area contributed by atoms with Crippen LogP contribution >= 0.6 is 0 Å². The van der Waals surface area contributed by atoms with Crippen molar-refractivity contribution in [2.45, 2.75) is 25.7 Å². The number of carbonyl (C=O) groups excluding carboxylic acids is 1. The van der Waals surface area contributed by atoms with Gasteiger partial charge in [-0.1, -0.05) is 18.2 Å². The second kappa shape index (κ2) is 11.5. The molecule has 1 aliphatic rings. The molecule has 0 radical (unpaired) electrons. The first kappa shape index (κ1) is 27.9. The molecule has 0 bridgehead atoms. The van der Waals surface area contributed by atoms with Gasteiger partial charge in [0.25, 0.3) is 15.9 Å². The fraction of sp³-hybridized carbons (Fsp3) is 0.200. The maximum atomic E-state index is 13.7. The summed E-state index contributed by atoms with van der Waals surface area (Å²) in [5, 5.41) is 4.09. The summed E-state index contributed by atoms with van der Waals surface area (Å²) in [7, 11) is -4.26. The number of sulfonamides is 1. The largest absolute Gasteiger partial charge is 0.486 e. The van der Waals surface area contributed by atoms with Crippen LogP contribution in [0.15, 0.2) is 82.8 Å². The predicted octanol–water partition coefficient (Wildman–Crippen LogP) is 4.66. The third kappa shape index (κ3) is 5.80. The molecule has 41 heavy (non-hydrogen) atoms. The molecule has 0 atom stereocenters. The number of halogens is 1. The van der Waals surface area contributed by atoms with Crippen LogP contribution in [0.5, 0.6) is 11.5 Å². The maximum Gasteiger partial charge on any atom is 0.264 e. The van der Waals surface area contributed by atoms with Crippen LogP contribution in [0.2, 0.25) is 0 Å². The molecule has 0 aliphatic carbocycles. The van der Waals surface area contributed by atoms with Gasteiger partial charge in [-0.15, -0.1) is 0 Å². The zero-order valence-electron chi connectivity index (χ0n) is 22.8. The number of aromatic nitrogens is 1. The second-order valence-electron chi connectivity index (χ2n) is 9.54. The zero-order valence-corrected chi connectivity index (χ0v) is 23.6. The summed E-state index contributed by atoms with van der Waals surface area (Å²) in [4.78, 5) is 12.9. The lowest BCUT2D eigenvalue weighted by atomic mass is 10.2. The third-order valence-corrected chi connectivity index (χ3v) is 8.49. The highest BCUT2D eigenvalue weighted by atomic mass is 32.2. The van der Waals surface area contributed by atoms with Crippen molar-refractivity contribution in [3.05, 3.63) is 101 Å². The minimum Gasteiger partial charge on any atom is -0.486 e. The van der Waals surface area contributed by atoms with Crippen molar-refractivity contribution in [1.29, 1.82) is 0 Å². The van der Waals surface area contributed by atoms with Gasteiger partial charge in [0.15, 0.2) is 11.5 Å². The first-order valence-electron chi connectivity index (χ1n) is 12.9. The average Bonchev–Trinajstić information content (AvgIpc) is 3.24. The molecule has 5 rings (SSSR count). The molecular weight excluding hydrogens is 547 g/mol. The first-order valence-corrected chi connectivity index (χ1v) is 14.3. The number of nitrogens with zero attached hydrogens (tertiary/aromatic N) is 3. The number of hydrogen-bond donors (Lipinski definition) is 1. The Kier molecular flexibility index (Phi) is 7.80. The number of rotatable bonds is 8. The highest BCUT2D eigenvalue weighted by Gasteiger charge is 2.29. The minimum absolute atomic E-state index is 0.106. The Morgan fingerprint density at radius 1 is 1.00 bits per heavy atom. The van der Waals surface area contributed by atoms with Crippen molar-refractivity contribution in [2.75, 3.05) is 24.1 Å². The molecular formula is C30H29FN4O5S. The fourth-order valence-electron chi connectivity index (χ4n) is 4.68. The van der Waals surface area contributed by atoms with E-state index in [1.807, 2.05) is 51.1 Å². The van der Waals surface area contributed by atoms with E-state index in [0.29, 0.717) is 12.4 Å². The van der Waals surface area contributed by atoms with Crippen LogP contribution in [0.4, 0.5) is 10.1 Å². The molecule has 212 valence electrons. The van der Waals surface area contributed by atoms with E-state index in [1.54, 1.807) is 0 Å². The molecule has 0 saturated heterocycles. The van der Waals surface area contributed by atoms with E-state index in [2.05, 4.69) is 15.1 Å². The standard InChI is InChI=1S/C30H29FN4O5S/c1-20-6-4-5-7-27(20)35-21(2)16-23(22(35)3)18-32-33-30(36)19-34(25-10-8-24(31)9-11-25)41(37,38)26-12-13-28-29(17-26)40-15-14-39-28/h4-13,16-18H,14-15,19H2,1-3H3,(H,33,36)/b32-18-. The summed E-state index contributed by atoms with van der Waals surface area (Å²) >= 11 is 0. The number of hydrogen-bond acceptors (Lipinski definition) is 6. The van der Waals surface area contributed by atoms with Gasteiger partial charge in [0.1, 0.15) is 25.6 Å². The molecule has 3 aromatic carbocycles. The van der Waals surface area contributed by atoms with Crippen molar-refractivity contribution in [3.8, 4) is 17.2 Å². The SMILES string of the molecule is Cc1ccccc1-n1c(C)cc(/C=N\NC(=O)CN(c2ccc(F)cc2)S(=O)(=O)c2ccc3c(c2)OCCO3)c1C. The summed E-state index contributed by atoms with van der Waals surface area (Å²) in [6, 6.07) is 19.0. The van der Waals surface area contributed by atoms with Crippen molar-refractivity contribution in [2.24, 2.45) is 5.10 Å². The first-order chi connectivity index (χ1) is 19.6. The molecule has 0 saturated carbocycles. The lowest BCUT2D eigenvalue weighted by molar-refractivity contribution is -0.119. The van der Waals surface area contributed by atoms with Crippen molar-refractivity contribution >= 4 is 27.8 Å². The molecule has 1 N–H and O–H groups in total. The summed E-state index contributed by atoms with van der Waals surface area (Å²) in [5.41, 5.74) is 7.43. The van der Waals surface area contributed by atoms with Gasteiger partial charge in [-0.2, -0.15) is 5.10 Å². The molecule has 1 aromatic heterocycles. The van der Waals surface area contributed by atoms with Gasteiger partial charge in [0.2, 0.25) is 0 Å². The summed E-state index contributed by atoms with van der Waals surface area (Å²) in [5.74, 6) is -0.506. The quantitative estimate of drug-likeness (QED) is 0.243. The van der Waals surface area contributed by atoms with Crippen LogP contribution in [0, 0.1) is 26.6 Å². The minimum atomic E-state index is -4.26. The highest BCUT2D eigenvalue weighted by Crippen LogP contribution is 2.34. The molecule has 1 aliphatic heterocycles. The van der Waals surface area contributed by atoms with Crippen molar-refractivity contribution in [3.63, 3.8) is 0 Å². The average molecular weight is 577 g/mol. The van der Waals surface area contributed by atoms with E-state index in [4.69, 9.17) is 9.47 Å². The topological polar surface area (TPSA) is 102 Å². The fourth-order valence-corrected chi connectivity index (χ4v) is 6.11. The van der Waals surface area contributed by atoms with E-state index >= 15 is 0 Å². The molecule has 0 fully saturated rings. The number of anilines is 1. The van der Waals surface area contributed by atoms with Gasteiger partial charge in [-0.05, 0) is 74.9 Å². The van der Waals surface area contributed by atoms with E-state index < -0.39 is 28.3 Å². The Hall–Kier alpha value is -4.64. The molecule has 0 spiro atoms. The van der Waals surface area contributed by atoms with Gasteiger partial charge < -0.3 is 14.0 Å². The number of amides is 1. The lowest BCUT2D eigenvalue weighted by Gasteiger charge is -2.25. The third-order valence-electron chi connectivity index (χ3n) is 6.72. The molecule has 4 aromatic rings. The van der Waals surface area contributed by atoms with Crippen LogP contribution in [-0.4, -0.2) is 44.9 Å². The maximum absolute atomic E-state index is 13.7. The van der Waals surface area contributed by atoms with Crippen LogP contribution < -0.4 is 19.2 Å². The number of carbonyl (C=O) groups is 1. The Bertz CT molecular complexity index is 1730. The van der Waals surface area contributed by atoms with Crippen molar-refractivity contribution < 1.29 is 27.1 Å². The summed E-state index contributed by atoms with van der Waals surface area (Å²) in [6.07, 6.45) is 1.52.